The van der Waals surface area contributed by atoms with Crippen LogP contribution in [-0.2, 0) is 33.2 Å². The smallest absolute Gasteiger partial charge is 0.306 e. The summed E-state index contributed by atoms with van der Waals surface area (Å²) in [5.41, 5.74) is 0. The molecule has 2 saturated heterocycles. The maximum absolute atomic E-state index is 13.0. The Balaban J connectivity index is 1.81. The van der Waals surface area contributed by atoms with Gasteiger partial charge < -0.3 is 64.2 Å². The first kappa shape index (κ1) is 58.8. The highest BCUT2D eigenvalue weighted by molar-refractivity contribution is 5.69. The topological polar surface area (TPSA) is 214 Å². The Morgan fingerprint density at radius 3 is 1.58 bits per heavy atom. The summed E-state index contributed by atoms with van der Waals surface area (Å²) in [6.45, 7) is 3.46. The average molecular weight is 925 g/mol. The van der Waals surface area contributed by atoms with Crippen molar-refractivity contribution in [3.63, 3.8) is 0 Å². The Morgan fingerprint density at radius 2 is 1.00 bits per heavy atom. The van der Waals surface area contributed by atoms with Gasteiger partial charge in [-0.2, -0.15) is 0 Å². The van der Waals surface area contributed by atoms with Gasteiger partial charge in [0, 0.05) is 13.0 Å². The fraction of sp³-hybridized carbons (Fsp3) is 0.784. The van der Waals surface area contributed by atoms with Gasteiger partial charge >= 0.3 is 5.97 Å². The molecule has 65 heavy (non-hydrogen) atoms. The molecule has 376 valence electrons. The third-order valence-corrected chi connectivity index (χ3v) is 11.5. The molecular formula is C51H88O14. The van der Waals surface area contributed by atoms with Crippen LogP contribution in [-0.4, -0.2) is 142 Å². The van der Waals surface area contributed by atoms with Crippen LogP contribution in [0.25, 0.3) is 0 Å². The van der Waals surface area contributed by atoms with Crippen LogP contribution in [0, 0.1) is 0 Å². The van der Waals surface area contributed by atoms with E-state index in [0.29, 0.717) is 13.0 Å². The van der Waals surface area contributed by atoms with E-state index in [0.717, 1.165) is 89.9 Å². The SMILES string of the molecule is CC/C=C\C/C=C\C/C=C\C/C=C\CCCCCOCC(COC1OC(COC2OC(CO)C(O)C(O)C2O)C(O)C(O)C1O)OC(=O)CCCCCCC/C=C\CCCCCCCC. The molecule has 0 aromatic carbocycles. The molecule has 0 aromatic heterocycles. The molecule has 0 saturated carbocycles. The highest BCUT2D eigenvalue weighted by Gasteiger charge is 2.47. The zero-order valence-electron chi connectivity index (χ0n) is 39.7. The van der Waals surface area contributed by atoms with E-state index in [1.54, 1.807) is 0 Å². The molecule has 2 fully saturated rings. The zero-order chi connectivity index (χ0) is 47.3. The van der Waals surface area contributed by atoms with Crippen molar-refractivity contribution < 1.29 is 69.0 Å². The summed E-state index contributed by atoms with van der Waals surface area (Å²) in [6.07, 6.45) is 28.6. The highest BCUT2D eigenvalue weighted by Crippen LogP contribution is 2.26. The van der Waals surface area contributed by atoms with E-state index in [1.807, 2.05) is 0 Å². The van der Waals surface area contributed by atoms with Crippen molar-refractivity contribution in [2.75, 3.05) is 33.0 Å². The first-order valence-corrected chi connectivity index (χ1v) is 24.9. The summed E-state index contributed by atoms with van der Waals surface area (Å²) < 4.78 is 34.2. The van der Waals surface area contributed by atoms with Crippen molar-refractivity contribution in [1.29, 1.82) is 0 Å². The molecule has 14 heteroatoms. The Bertz CT molecular complexity index is 1300. The number of carbonyl (C=O) groups is 1. The van der Waals surface area contributed by atoms with Crippen LogP contribution in [0.4, 0.5) is 0 Å². The van der Waals surface area contributed by atoms with Crippen molar-refractivity contribution in [1.82, 2.24) is 0 Å². The summed E-state index contributed by atoms with van der Waals surface area (Å²) in [4.78, 5) is 13.0. The minimum atomic E-state index is -1.72. The Hall–Kier alpha value is -2.31. The first-order chi connectivity index (χ1) is 31.6. The van der Waals surface area contributed by atoms with E-state index in [1.165, 1.54) is 38.5 Å². The van der Waals surface area contributed by atoms with Gasteiger partial charge in [0.25, 0.3) is 0 Å². The molecule has 11 atom stereocenters. The van der Waals surface area contributed by atoms with Crippen LogP contribution in [0.5, 0.6) is 0 Å². The maximum Gasteiger partial charge on any atom is 0.306 e. The Morgan fingerprint density at radius 1 is 0.523 bits per heavy atom. The molecule has 14 nitrogen and oxygen atoms in total. The van der Waals surface area contributed by atoms with E-state index in [9.17, 15) is 40.5 Å². The molecule has 2 heterocycles. The second kappa shape index (κ2) is 38.6. The molecular weight excluding hydrogens is 837 g/mol. The molecule has 0 amide bonds. The van der Waals surface area contributed by atoms with Gasteiger partial charge in [-0.3, -0.25) is 4.79 Å². The number of ether oxygens (including phenoxy) is 6. The van der Waals surface area contributed by atoms with Gasteiger partial charge in [0.2, 0.25) is 0 Å². The lowest BCUT2D eigenvalue weighted by Crippen LogP contribution is -2.61. The second-order valence-corrected chi connectivity index (χ2v) is 17.3. The summed E-state index contributed by atoms with van der Waals surface area (Å²) in [6, 6.07) is 0. The molecule has 7 N–H and O–H groups in total. The van der Waals surface area contributed by atoms with Crippen LogP contribution in [0.15, 0.2) is 60.8 Å². The van der Waals surface area contributed by atoms with E-state index < -0.39 is 86.7 Å². The van der Waals surface area contributed by atoms with Crippen LogP contribution in [0.2, 0.25) is 0 Å². The summed E-state index contributed by atoms with van der Waals surface area (Å²) >= 11 is 0. The fourth-order valence-electron chi connectivity index (χ4n) is 7.45. The second-order valence-electron chi connectivity index (χ2n) is 17.3. The largest absolute Gasteiger partial charge is 0.457 e. The van der Waals surface area contributed by atoms with Gasteiger partial charge in [0.05, 0.1) is 26.4 Å². The Labute approximate surface area is 390 Å². The van der Waals surface area contributed by atoms with Crippen molar-refractivity contribution in [2.24, 2.45) is 0 Å². The van der Waals surface area contributed by atoms with Crippen molar-refractivity contribution in [3.8, 4) is 0 Å². The van der Waals surface area contributed by atoms with Gasteiger partial charge in [-0.25, -0.2) is 0 Å². The molecule has 0 radical (unpaired) electrons. The number of aliphatic hydroxyl groups is 7. The van der Waals surface area contributed by atoms with E-state index >= 15 is 0 Å². The van der Waals surface area contributed by atoms with Crippen LogP contribution in [0.3, 0.4) is 0 Å². The van der Waals surface area contributed by atoms with Crippen LogP contribution < -0.4 is 0 Å². The fourth-order valence-corrected chi connectivity index (χ4v) is 7.45. The number of aliphatic hydroxyl groups excluding tert-OH is 7. The third kappa shape index (κ3) is 26.7. The maximum atomic E-state index is 13.0. The molecule has 0 bridgehead atoms. The summed E-state index contributed by atoms with van der Waals surface area (Å²) in [5.74, 6) is -0.399. The number of rotatable bonds is 38. The minimum Gasteiger partial charge on any atom is -0.457 e. The molecule has 0 aliphatic carbocycles. The lowest BCUT2D eigenvalue weighted by Gasteiger charge is -2.42. The van der Waals surface area contributed by atoms with Gasteiger partial charge in [-0.05, 0) is 77.0 Å². The van der Waals surface area contributed by atoms with Gasteiger partial charge in [0.15, 0.2) is 12.6 Å². The molecule has 0 spiro atoms. The van der Waals surface area contributed by atoms with Gasteiger partial charge in [-0.1, -0.05) is 132 Å². The summed E-state index contributed by atoms with van der Waals surface area (Å²) in [7, 11) is 0. The number of unbranched alkanes of at least 4 members (excludes halogenated alkanes) is 14. The van der Waals surface area contributed by atoms with Gasteiger partial charge in [0.1, 0.15) is 54.9 Å². The summed E-state index contributed by atoms with van der Waals surface area (Å²) in [5, 5.41) is 72.1. The predicted molar refractivity (Wildman–Crippen MR) is 252 cm³/mol. The standard InChI is InChI=1S/C51H88O14/c1-3-5-7-9-11-13-15-17-19-21-23-25-27-29-31-33-35-60-37-40(63-43(53)34-32-30-28-26-24-22-20-18-16-14-12-10-8-6-4-2)38-61-50-49(59)47(57)45(55)42(65-50)39-62-51-48(58)46(56)44(54)41(36-52)64-51/h5,7,11,13,17-20,23,25,40-42,44-52,54-59H,3-4,6,8-10,12,14-16,21-22,24,26-39H2,1-2H3/b7-5-,13-11-,19-17-,20-18-,25-23-. The average Bonchev–Trinajstić information content (AvgIpc) is 3.30. The number of hydrogen-bond acceptors (Lipinski definition) is 14. The normalized spacial score (nSPS) is 27.0. The zero-order valence-corrected chi connectivity index (χ0v) is 39.7. The van der Waals surface area contributed by atoms with Gasteiger partial charge in [-0.15, -0.1) is 0 Å². The third-order valence-electron chi connectivity index (χ3n) is 11.5. The number of hydrogen-bond donors (Lipinski definition) is 7. The molecule has 2 rings (SSSR count). The number of carbonyl (C=O) groups excluding carboxylic acids is 1. The number of allylic oxidation sites excluding steroid dienone is 10. The Kier molecular flexibility index (Phi) is 35.0. The van der Waals surface area contributed by atoms with Crippen LogP contribution >= 0.6 is 0 Å². The van der Waals surface area contributed by atoms with Crippen LogP contribution in [0.1, 0.15) is 155 Å². The predicted octanol–water partition coefficient (Wildman–Crippen LogP) is 6.96. The molecule has 2 aliphatic rings. The highest BCUT2D eigenvalue weighted by atomic mass is 16.7. The molecule has 2 aliphatic heterocycles. The minimum absolute atomic E-state index is 0.0343. The van der Waals surface area contributed by atoms with E-state index in [-0.39, 0.29) is 19.6 Å². The van der Waals surface area contributed by atoms with E-state index in [2.05, 4.69) is 74.6 Å². The molecule has 0 aromatic rings. The van der Waals surface area contributed by atoms with Crippen molar-refractivity contribution >= 4 is 5.97 Å². The van der Waals surface area contributed by atoms with Crippen molar-refractivity contribution in [3.05, 3.63) is 60.8 Å². The lowest BCUT2D eigenvalue weighted by molar-refractivity contribution is -0.332. The lowest BCUT2D eigenvalue weighted by atomic mass is 9.98. The first-order valence-electron chi connectivity index (χ1n) is 24.9. The van der Waals surface area contributed by atoms with E-state index in [4.69, 9.17) is 28.4 Å². The quantitative estimate of drug-likeness (QED) is 0.0190. The number of esters is 1. The molecule has 11 unspecified atom stereocenters. The van der Waals surface area contributed by atoms with Crippen molar-refractivity contribution in [2.45, 2.75) is 223 Å². The monoisotopic (exact) mass is 925 g/mol.